The van der Waals surface area contributed by atoms with Crippen LogP contribution in [0.2, 0.25) is 0 Å². The molecule has 1 aliphatic heterocycles. The molecule has 0 amide bonds. The third-order valence-electron chi connectivity index (χ3n) is 5.05. The van der Waals surface area contributed by atoms with Gasteiger partial charge in [-0.15, -0.1) is 35.3 Å². The van der Waals surface area contributed by atoms with Crippen molar-refractivity contribution in [2.24, 2.45) is 4.99 Å². The normalized spacial score (nSPS) is 16.8. The summed E-state index contributed by atoms with van der Waals surface area (Å²) < 4.78 is 0. The zero-order valence-electron chi connectivity index (χ0n) is 17.3. The van der Waals surface area contributed by atoms with E-state index in [0.717, 1.165) is 44.9 Å². The minimum absolute atomic E-state index is 0. The zero-order valence-corrected chi connectivity index (χ0v) is 20.4. The fourth-order valence-electron chi connectivity index (χ4n) is 3.47. The highest BCUT2D eigenvalue weighted by Crippen LogP contribution is 2.21. The smallest absolute Gasteiger partial charge is 0.191 e. The van der Waals surface area contributed by atoms with E-state index >= 15 is 0 Å². The van der Waals surface area contributed by atoms with Gasteiger partial charge in [0.2, 0.25) is 0 Å². The number of rotatable bonds is 6. The van der Waals surface area contributed by atoms with Crippen LogP contribution in [0.25, 0.3) is 0 Å². The molecule has 7 heteroatoms. The molecule has 0 aliphatic carbocycles. The van der Waals surface area contributed by atoms with Gasteiger partial charge in [-0.3, -0.25) is 4.99 Å². The van der Waals surface area contributed by atoms with Crippen LogP contribution in [0.3, 0.4) is 0 Å². The fraction of sp³-hybridized carbons (Fsp3) is 0.524. The van der Waals surface area contributed by atoms with Crippen molar-refractivity contribution in [3.8, 4) is 0 Å². The van der Waals surface area contributed by atoms with Crippen LogP contribution in [0.1, 0.15) is 34.5 Å². The van der Waals surface area contributed by atoms with Crippen LogP contribution in [0.4, 0.5) is 5.69 Å². The van der Waals surface area contributed by atoms with Gasteiger partial charge in [-0.2, -0.15) is 0 Å². The lowest BCUT2D eigenvalue weighted by molar-refractivity contribution is 0.648. The maximum atomic E-state index is 4.72. The number of benzene rings is 1. The minimum atomic E-state index is 0. The van der Waals surface area contributed by atoms with Crippen LogP contribution in [-0.2, 0) is 12.8 Å². The lowest BCUT2D eigenvalue weighted by atomic mass is 10.2. The van der Waals surface area contributed by atoms with Gasteiger partial charge in [0.1, 0.15) is 0 Å². The molecule has 1 aliphatic rings. The molecule has 28 heavy (non-hydrogen) atoms. The van der Waals surface area contributed by atoms with Gasteiger partial charge in [0.15, 0.2) is 5.96 Å². The molecule has 1 aromatic heterocycles. The number of nitrogens with one attached hydrogen (secondary N) is 2. The standard InChI is InChI=1S/C21H31N5S.HI/c1-5-19-16(3)27-20(25-19)10-12-23-21(22-4)24-17-11-13-26(14-17)18-8-6-15(2)7-9-18;/h6-9,17H,5,10-14H2,1-4H3,(H2,22,23,24);1H. The summed E-state index contributed by atoms with van der Waals surface area (Å²) in [6.07, 6.45) is 3.07. The summed E-state index contributed by atoms with van der Waals surface area (Å²) in [6, 6.07) is 9.21. The van der Waals surface area contributed by atoms with Gasteiger partial charge in [-0.05, 0) is 38.8 Å². The monoisotopic (exact) mass is 513 g/mol. The van der Waals surface area contributed by atoms with Crippen molar-refractivity contribution in [3.63, 3.8) is 0 Å². The first-order valence-electron chi connectivity index (χ1n) is 9.83. The number of aryl methyl sites for hydroxylation is 3. The van der Waals surface area contributed by atoms with E-state index in [4.69, 9.17) is 4.98 Å². The largest absolute Gasteiger partial charge is 0.369 e. The first-order valence-corrected chi connectivity index (χ1v) is 10.6. The van der Waals surface area contributed by atoms with E-state index < -0.39 is 0 Å². The molecule has 1 atom stereocenters. The average molecular weight is 513 g/mol. The van der Waals surface area contributed by atoms with Crippen molar-refractivity contribution < 1.29 is 0 Å². The number of hydrogen-bond donors (Lipinski definition) is 2. The highest BCUT2D eigenvalue weighted by Gasteiger charge is 2.23. The van der Waals surface area contributed by atoms with Gasteiger partial charge in [-0.1, -0.05) is 24.6 Å². The Bertz CT molecular complexity index is 772. The van der Waals surface area contributed by atoms with Crippen molar-refractivity contribution in [2.75, 3.05) is 31.6 Å². The third kappa shape index (κ3) is 6.07. The van der Waals surface area contributed by atoms with Gasteiger partial charge in [0.25, 0.3) is 0 Å². The van der Waals surface area contributed by atoms with Crippen LogP contribution < -0.4 is 15.5 Å². The predicted molar refractivity (Wildman–Crippen MR) is 132 cm³/mol. The molecule has 1 unspecified atom stereocenters. The SMILES string of the molecule is CCc1nc(CCNC(=NC)NC2CCN(c3ccc(C)cc3)C2)sc1C.I. The second-order valence-corrected chi connectivity index (χ2v) is 8.41. The third-order valence-corrected chi connectivity index (χ3v) is 6.13. The first kappa shape index (κ1) is 22.9. The van der Waals surface area contributed by atoms with E-state index in [1.165, 1.54) is 26.8 Å². The van der Waals surface area contributed by atoms with Crippen molar-refractivity contribution in [1.29, 1.82) is 0 Å². The van der Waals surface area contributed by atoms with Gasteiger partial charge in [-0.25, -0.2) is 4.98 Å². The van der Waals surface area contributed by atoms with E-state index in [2.05, 4.69) is 65.6 Å². The molecule has 5 nitrogen and oxygen atoms in total. The number of halogens is 1. The minimum Gasteiger partial charge on any atom is -0.369 e. The van der Waals surface area contributed by atoms with Crippen molar-refractivity contribution in [2.45, 2.75) is 46.1 Å². The van der Waals surface area contributed by atoms with Crippen LogP contribution in [-0.4, -0.2) is 43.7 Å². The molecule has 1 aromatic carbocycles. The molecule has 1 fully saturated rings. The number of thiazole rings is 1. The summed E-state index contributed by atoms with van der Waals surface area (Å²) in [6.45, 7) is 9.39. The Labute approximate surface area is 190 Å². The summed E-state index contributed by atoms with van der Waals surface area (Å²) in [4.78, 5) is 12.9. The predicted octanol–water partition coefficient (Wildman–Crippen LogP) is 3.93. The van der Waals surface area contributed by atoms with Crippen LogP contribution in [0.15, 0.2) is 29.3 Å². The highest BCUT2D eigenvalue weighted by molar-refractivity contribution is 14.0. The van der Waals surface area contributed by atoms with E-state index in [1.807, 2.05) is 18.4 Å². The molecular formula is C21H32IN5S. The summed E-state index contributed by atoms with van der Waals surface area (Å²) in [7, 11) is 1.84. The molecule has 2 N–H and O–H groups in total. The van der Waals surface area contributed by atoms with Crippen molar-refractivity contribution >= 4 is 47.0 Å². The lowest BCUT2D eigenvalue weighted by Crippen LogP contribution is -2.45. The number of aromatic nitrogens is 1. The number of hydrogen-bond acceptors (Lipinski definition) is 4. The maximum absolute atomic E-state index is 4.72. The Balaban J connectivity index is 0.00000280. The Morgan fingerprint density at radius 2 is 2.04 bits per heavy atom. The van der Waals surface area contributed by atoms with E-state index in [9.17, 15) is 0 Å². The number of nitrogens with zero attached hydrogens (tertiary/aromatic N) is 3. The average Bonchev–Trinajstić information content (AvgIpc) is 3.27. The van der Waals surface area contributed by atoms with Crippen molar-refractivity contribution in [1.82, 2.24) is 15.6 Å². The first-order chi connectivity index (χ1) is 13.1. The van der Waals surface area contributed by atoms with Gasteiger partial charge in [0, 0.05) is 49.7 Å². The Morgan fingerprint density at radius 1 is 1.29 bits per heavy atom. The van der Waals surface area contributed by atoms with Gasteiger partial charge in [0.05, 0.1) is 10.7 Å². The van der Waals surface area contributed by atoms with E-state index in [-0.39, 0.29) is 24.0 Å². The number of anilines is 1. The molecule has 0 spiro atoms. The second-order valence-electron chi connectivity index (χ2n) is 7.12. The van der Waals surface area contributed by atoms with Crippen LogP contribution in [0, 0.1) is 13.8 Å². The fourth-order valence-corrected chi connectivity index (χ4v) is 4.49. The summed E-state index contributed by atoms with van der Waals surface area (Å²) in [5.74, 6) is 0.884. The molecule has 0 bridgehead atoms. The van der Waals surface area contributed by atoms with Crippen molar-refractivity contribution in [3.05, 3.63) is 45.4 Å². The van der Waals surface area contributed by atoms with E-state index in [0.29, 0.717) is 6.04 Å². The highest BCUT2D eigenvalue weighted by atomic mass is 127. The number of guanidine groups is 1. The van der Waals surface area contributed by atoms with Crippen LogP contribution >= 0.6 is 35.3 Å². The Kier molecular flexibility index (Phi) is 9.01. The topological polar surface area (TPSA) is 52.6 Å². The maximum Gasteiger partial charge on any atom is 0.191 e. The van der Waals surface area contributed by atoms with Gasteiger partial charge >= 0.3 is 0 Å². The molecule has 0 saturated carbocycles. The molecule has 154 valence electrons. The zero-order chi connectivity index (χ0) is 19.2. The Morgan fingerprint density at radius 3 is 2.68 bits per heavy atom. The second kappa shape index (κ2) is 11.0. The summed E-state index contributed by atoms with van der Waals surface area (Å²) >= 11 is 1.81. The molecule has 1 saturated heterocycles. The molecule has 2 heterocycles. The Hall–Kier alpha value is -1.35. The molecule has 0 radical (unpaired) electrons. The quantitative estimate of drug-likeness (QED) is 0.349. The molecule has 2 aromatic rings. The number of aliphatic imine (C=N–C) groups is 1. The van der Waals surface area contributed by atoms with E-state index in [1.54, 1.807) is 0 Å². The lowest BCUT2D eigenvalue weighted by Gasteiger charge is -2.20. The molecular weight excluding hydrogens is 481 g/mol. The summed E-state index contributed by atoms with van der Waals surface area (Å²) in [5.41, 5.74) is 3.84. The summed E-state index contributed by atoms with van der Waals surface area (Å²) in [5, 5.41) is 8.22. The molecule has 3 rings (SSSR count). The van der Waals surface area contributed by atoms with Gasteiger partial charge < -0.3 is 15.5 Å². The van der Waals surface area contributed by atoms with Crippen LogP contribution in [0.5, 0.6) is 0 Å².